The largest absolute Gasteiger partial charge is 0.358 e. The molecule has 3 aromatic rings. The lowest BCUT2D eigenvalue weighted by Gasteiger charge is -2.01. The van der Waals surface area contributed by atoms with Gasteiger partial charge < -0.3 is 4.98 Å². The molecule has 0 fully saturated rings. The van der Waals surface area contributed by atoms with E-state index in [0.29, 0.717) is 22.2 Å². The molecular weight excluding hydrogens is 268 g/mol. The summed E-state index contributed by atoms with van der Waals surface area (Å²) in [5, 5.41) is 11.5. The molecule has 104 valence electrons. The van der Waals surface area contributed by atoms with Gasteiger partial charge in [-0.05, 0) is 13.0 Å². The van der Waals surface area contributed by atoms with Crippen LogP contribution in [0.3, 0.4) is 0 Å². The average Bonchev–Trinajstić information content (AvgIpc) is 2.82. The van der Waals surface area contributed by atoms with Crippen LogP contribution >= 0.6 is 0 Å². The number of aromatic amines is 1. The summed E-state index contributed by atoms with van der Waals surface area (Å²) in [6.07, 6.45) is 0. The molecule has 3 rings (SSSR count). The number of hydrogen-bond acceptors (Lipinski definition) is 3. The number of rotatable bonds is 3. The first-order valence-corrected chi connectivity index (χ1v) is 6.44. The van der Waals surface area contributed by atoms with Crippen molar-refractivity contribution in [3.63, 3.8) is 0 Å². The molecule has 0 saturated carbocycles. The molecule has 0 unspecified atom stereocenters. The normalized spacial score (nSPS) is 10.7. The number of nitro groups is 1. The lowest BCUT2D eigenvalue weighted by Crippen LogP contribution is -2.02. The number of ketones is 1. The second-order valence-electron chi connectivity index (χ2n) is 4.81. The third-order valence-electron chi connectivity index (χ3n) is 3.44. The van der Waals surface area contributed by atoms with Gasteiger partial charge in [0.2, 0.25) is 0 Å². The molecule has 0 aliphatic heterocycles. The van der Waals surface area contributed by atoms with Crippen LogP contribution in [0.2, 0.25) is 0 Å². The summed E-state index contributed by atoms with van der Waals surface area (Å²) in [5.41, 5.74) is 2.45. The maximum absolute atomic E-state index is 12.6. The molecule has 2 aromatic carbocycles. The van der Waals surface area contributed by atoms with Crippen LogP contribution in [0.25, 0.3) is 10.9 Å². The zero-order chi connectivity index (χ0) is 15.0. The lowest BCUT2D eigenvalue weighted by molar-refractivity contribution is -0.384. The van der Waals surface area contributed by atoms with Crippen LogP contribution in [-0.2, 0) is 0 Å². The highest BCUT2D eigenvalue weighted by atomic mass is 16.6. The fourth-order valence-corrected chi connectivity index (χ4v) is 2.45. The van der Waals surface area contributed by atoms with Crippen molar-refractivity contribution in [2.45, 2.75) is 6.92 Å². The number of carbonyl (C=O) groups is 1. The number of hydrogen-bond donors (Lipinski definition) is 1. The van der Waals surface area contributed by atoms with E-state index in [-0.39, 0.29) is 11.5 Å². The Labute approximate surface area is 120 Å². The Morgan fingerprint density at radius 2 is 1.86 bits per heavy atom. The molecule has 5 nitrogen and oxygen atoms in total. The van der Waals surface area contributed by atoms with Crippen molar-refractivity contribution in [2.75, 3.05) is 0 Å². The maximum atomic E-state index is 12.6. The quantitative estimate of drug-likeness (QED) is 0.452. The van der Waals surface area contributed by atoms with Crippen molar-refractivity contribution in [3.05, 3.63) is 75.5 Å². The van der Waals surface area contributed by atoms with Gasteiger partial charge in [-0.3, -0.25) is 14.9 Å². The number of non-ortho nitro benzene ring substituents is 1. The zero-order valence-corrected chi connectivity index (χ0v) is 11.3. The highest BCUT2D eigenvalue weighted by Gasteiger charge is 2.19. The van der Waals surface area contributed by atoms with Crippen molar-refractivity contribution in [3.8, 4) is 0 Å². The highest BCUT2D eigenvalue weighted by molar-refractivity contribution is 6.17. The standard InChI is InChI=1S/C16H12N2O3/c1-10-15(16(19)11-5-3-2-4-6-11)13-9-12(18(20)21)7-8-14(13)17-10/h2-9,17H,1H3. The van der Waals surface area contributed by atoms with Crippen LogP contribution in [0.1, 0.15) is 21.6 Å². The van der Waals surface area contributed by atoms with E-state index in [1.807, 2.05) is 6.07 Å². The van der Waals surface area contributed by atoms with E-state index >= 15 is 0 Å². The number of nitro benzene ring substituents is 1. The van der Waals surface area contributed by atoms with Crippen molar-refractivity contribution in [1.29, 1.82) is 0 Å². The van der Waals surface area contributed by atoms with Crippen molar-refractivity contribution < 1.29 is 9.72 Å². The Morgan fingerprint density at radius 1 is 1.14 bits per heavy atom. The molecule has 0 atom stereocenters. The molecule has 0 spiro atoms. The van der Waals surface area contributed by atoms with Crippen LogP contribution < -0.4 is 0 Å². The first kappa shape index (κ1) is 13.1. The minimum absolute atomic E-state index is 0.0244. The summed E-state index contributed by atoms with van der Waals surface area (Å²) in [6.45, 7) is 1.79. The summed E-state index contributed by atoms with van der Waals surface area (Å²) in [5.74, 6) is -0.139. The van der Waals surface area contributed by atoms with E-state index < -0.39 is 4.92 Å². The number of nitrogens with zero attached hydrogens (tertiary/aromatic N) is 1. The Hall–Kier alpha value is -2.95. The average molecular weight is 280 g/mol. The van der Waals surface area contributed by atoms with Crippen molar-refractivity contribution in [2.24, 2.45) is 0 Å². The second kappa shape index (κ2) is 4.86. The number of H-pyrrole nitrogens is 1. The number of aryl methyl sites for hydroxylation is 1. The highest BCUT2D eigenvalue weighted by Crippen LogP contribution is 2.28. The van der Waals surface area contributed by atoms with Crippen molar-refractivity contribution in [1.82, 2.24) is 4.98 Å². The molecule has 1 aromatic heterocycles. The first-order valence-electron chi connectivity index (χ1n) is 6.44. The lowest BCUT2D eigenvalue weighted by atomic mass is 10.0. The SMILES string of the molecule is Cc1[nH]c2ccc([N+](=O)[O-])cc2c1C(=O)c1ccccc1. The predicted octanol–water partition coefficient (Wildman–Crippen LogP) is 3.62. The fraction of sp³-hybridized carbons (Fsp3) is 0.0625. The molecule has 1 N–H and O–H groups in total. The van der Waals surface area contributed by atoms with Gasteiger partial charge in [-0.2, -0.15) is 0 Å². The van der Waals surface area contributed by atoms with Crippen LogP contribution in [0.5, 0.6) is 0 Å². The summed E-state index contributed by atoms with van der Waals surface area (Å²) >= 11 is 0. The molecular formula is C16H12N2O3. The number of aromatic nitrogens is 1. The Morgan fingerprint density at radius 3 is 2.52 bits per heavy atom. The van der Waals surface area contributed by atoms with Gasteiger partial charge in [0.15, 0.2) is 5.78 Å². The smallest absolute Gasteiger partial charge is 0.270 e. The van der Waals surface area contributed by atoms with E-state index in [2.05, 4.69) is 4.98 Å². The van der Waals surface area contributed by atoms with E-state index in [9.17, 15) is 14.9 Å². The molecule has 0 aliphatic carbocycles. The van der Waals surface area contributed by atoms with Gasteiger partial charge in [-0.1, -0.05) is 30.3 Å². The molecule has 0 radical (unpaired) electrons. The summed E-state index contributed by atoms with van der Waals surface area (Å²) in [7, 11) is 0. The number of nitrogens with one attached hydrogen (secondary N) is 1. The third kappa shape index (κ3) is 2.18. The third-order valence-corrected chi connectivity index (χ3v) is 3.44. The van der Waals surface area contributed by atoms with Crippen LogP contribution in [0, 0.1) is 17.0 Å². The van der Waals surface area contributed by atoms with Gasteiger partial charge in [0.1, 0.15) is 0 Å². The minimum Gasteiger partial charge on any atom is -0.358 e. The van der Waals surface area contributed by atoms with E-state index in [0.717, 1.165) is 5.52 Å². The number of carbonyl (C=O) groups excluding carboxylic acids is 1. The second-order valence-corrected chi connectivity index (χ2v) is 4.81. The monoisotopic (exact) mass is 280 g/mol. The molecule has 0 saturated heterocycles. The van der Waals surface area contributed by atoms with E-state index in [4.69, 9.17) is 0 Å². The van der Waals surface area contributed by atoms with Gasteiger partial charge in [0.25, 0.3) is 5.69 Å². The number of benzene rings is 2. The van der Waals surface area contributed by atoms with E-state index in [1.165, 1.54) is 12.1 Å². The van der Waals surface area contributed by atoms with Gasteiger partial charge in [0.05, 0.1) is 10.5 Å². The van der Waals surface area contributed by atoms with E-state index in [1.54, 1.807) is 37.3 Å². The topological polar surface area (TPSA) is 76.0 Å². The van der Waals surface area contributed by atoms with Crippen LogP contribution in [0.15, 0.2) is 48.5 Å². The molecule has 0 amide bonds. The molecule has 5 heteroatoms. The van der Waals surface area contributed by atoms with Gasteiger partial charge in [-0.15, -0.1) is 0 Å². The van der Waals surface area contributed by atoms with Crippen LogP contribution in [-0.4, -0.2) is 15.7 Å². The Bertz CT molecular complexity index is 851. The summed E-state index contributed by atoms with van der Waals surface area (Å²) < 4.78 is 0. The zero-order valence-electron chi connectivity index (χ0n) is 11.3. The first-order chi connectivity index (χ1) is 10.1. The van der Waals surface area contributed by atoms with Crippen molar-refractivity contribution >= 4 is 22.4 Å². The van der Waals surface area contributed by atoms with Crippen LogP contribution in [0.4, 0.5) is 5.69 Å². The summed E-state index contributed by atoms with van der Waals surface area (Å²) in [6, 6.07) is 13.4. The van der Waals surface area contributed by atoms with Gasteiger partial charge >= 0.3 is 0 Å². The molecule has 1 heterocycles. The number of fused-ring (bicyclic) bond motifs is 1. The Kier molecular flexibility index (Phi) is 3.02. The fourth-order valence-electron chi connectivity index (χ4n) is 2.45. The predicted molar refractivity (Wildman–Crippen MR) is 79.6 cm³/mol. The minimum atomic E-state index is -0.460. The summed E-state index contributed by atoms with van der Waals surface area (Å²) in [4.78, 5) is 26.2. The van der Waals surface area contributed by atoms with Gasteiger partial charge in [0, 0.05) is 34.3 Å². The molecule has 21 heavy (non-hydrogen) atoms. The molecule has 0 bridgehead atoms. The molecule has 0 aliphatic rings. The van der Waals surface area contributed by atoms with Gasteiger partial charge in [-0.25, -0.2) is 0 Å². The Balaban J connectivity index is 2.22. The maximum Gasteiger partial charge on any atom is 0.270 e.